The van der Waals surface area contributed by atoms with Gasteiger partial charge in [-0.25, -0.2) is 0 Å². The summed E-state index contributed by atoms with van der Waals surface area (Å²) >= 11 is 0. The molecule has 0 unspecified atom stereocenters. The lowest BCUT2D eigenvalue weighted by molar-refractivity contribution is -0.155. The summed E-state index contributed by atoms with van der Waals surface area (Å²) in [5.74, 6) is -8.97. The van der Waals surface area contributed by atoms with Crippen molar-refractivity contribution in [2.45, 2.75) is 37.7 Å². The molecule has 2 aromatic rings. The molecule has 0 radical (unpaired) electrons. The Kier molecular flexibility index (Phi) is 5.99. The number of phenols is 1. The number of primary amides is 1. The standard InChI is InChI=1S/C29H27NO8/c1-13-16-8-5-9-19(32)22(16)25(34)24-21(13)17(11-15(31)10-14-6-3-2-4-7-14)18-12-20(33)23(28(30)37)26(35)29(18,38)27(24)36/h2-9,13,17-18,21,32,34-35,38H,10-12H2,1H3,(H2,30,37)/t13-,17+,18+,21-,29+/m0/s1. The third-order valence-corrected chi connectivity index (χ3v) is 8.27. The van der Waals surface area contributed by atoms with E-state index in [0.29, 0.717) is 5.56 Å². The molecule has 1 saturated carbocycles. The van der Waals surface area contributed by atoms with E-state index in [1.165, 1.54) is 6.07 Å². The van der Waals surface area contributed by atoms with Crippen LogP contribution in [0, 0.1) is 17.8 Å². The number of ketones is 3. The number of benzene rings is 2. The number of amides is 1. The van der Waals surface area contributed by atoms with Crippen molar-refractivity contribution in [2.24, 2.45) is 23.5 Å². The van der Waals surface area contributed by atoms with Crippen molar-refractivity contribution in [1.82, 2.24) is 0 Å². The molecule has 0 heterocycles. The smallest absolute Gasteiger partial charge is 0.255 e. The second-order valence-electron chi connectivity index (χ2n) is 10.3. The van der Waals surface area contributed by atoms with Gasteiger partial charge in [-0.05, 0) is 29.0 Å². The van der Waals surface area contributed by atoms with Gasteiger partial charge < -0.3 is 26.2 Å². The molecule has 0 aromatic heterocycles. The van der Waals surface area contributed by atoms with Crippen LogP contribution < -0.4 is 5.73 Å². The summed E-state index contributed by atoms with van der Waals surface area (Å²) in [6.07, 6.45) is -0.623. The van der Waals surface area contributed by atoms with E-state index >= 15 is 0 Å². The summed E-state index contributed by atoms with van der Waals surface area (Å²) in [6, 6.07) is 13.6. The fourth-order valence-corrected chi connectivity index (χ4v) is 6.60. The molecule has 9 nitrogen and oxygen atoms in total. The topological polar surface area (TPSA) is 175 Å². The number of Topliss-reactive ketones (excluding diaryl/α,β-unsaturated/α-hetero) is 3. The first kappa shape index (κ1) is 25.4. The number of aliphatic hydroxyl groups excluding tert-OH is 2. The van der Waals surface area contributed by atoms with E-state index in [4.69, 9.17) is 5.73 Å². The number of hydrogen-bond acceptors (Lipinski definition) is 8. The number of phenolic OH excluding ortho intramolecular Hbond substituents is 1. The van der Waals surface area contributed by atoms with Gasteiger partial charge in [0, 0.05) is 36.7 Å². The predicted molar refractivity (Wildman–Crippen MR) is 135 cm³/mol. The summed E-state index contributed by atoms with van der Waals surface area (Å²) in [4.78, 5) is 52.1. The van der Waals surface area contributed by atoms with Gasteiger partial charge in [-0.2, -0.15) is 0 Å². The minimum Gasteiger partial charge on any atom is -0.508 e. The number of carbonyl (C=O) groups excluding carboxylic acids is 4. The Morgan fingerprint density at radius 3 is 2.37 bits per heavy atom. The maximum atomic E-state index is 13.9. The first-order chi connectivity index (χ1) is 18.0. The SMILES string of the molecule is C[C@H]1c2cccc(O)c2C(O)=C2C(=O)[C@]3(O)C(O)=C(C(N)=O)C(=O)C[C@@H]3[C@@H](CC(=O)Cc3ccccc3)[C@@H]21. The third-order valence-electron chi connectivity index (χ3n) is 8.27. The zero-order valence-corrected chi connectivity index (χ0v) is 20.5. The fourth-order valence-electron chi connectivity index (χ4n) is 6.60. The second-order valence-corrected chi connectivity index (χ2v) is 10.3. The molecule has 38 heavy (non-hydrogen) atoms. The number of rotatable bonds is 5. The number of carbonyl (C=O) groups is 4. The molecule has 2 aromatic carbocycles. The lowest BCUT2D eigenvalue weighted by Crippen LogP contribution is -2.62. The van der Waals surface area contributed by atoms with Gasteiger partial charge in [0.25, 0.3) is 5.91 Å². The van der Waals surface area contributed by atoms with Crippen molar-refractivity contribution in [3.63, 3.8) is 0 Å². The van der Waals surface area contributed by atoms with Gasteiger partial charge in [-0.3, -0.25) is 19.2 Å². The van der Waals surface area contributed by atoms with Crippen molar-refractivity contribution in [3.8, 4) is 5.75 Å². The van der Waals surface area contributed by atoms with Gasteiger partial charge in [0.05, 0.1) is 5.56 Å². The molecule has 3 aliphatic rings. The van der Waals surface area contributed by atoms with Crippen LogP contribution >= 0.6 is 0 Å². The van der Waals surface area contributed by atoms with Crippen LogP contribution in [-0.4, -0.2) is 49.3 Å². The lowest BCUT2D eigenvalue weighted by atomic mass is 9.51. The summed E-state index contributed by atoms with van der Waals surface area (Å²) in [7, 11) is 0. The minimum absolute atomic E-state index is 0.0153. The highest BCUT2D eigenvalue weighted by molar-refractivity contribution is 6.23. The third kappa shape index (κ3) is 3.57. The number of aromatic hydroxyl groups is 1. The molecular formula is C29H27NO8. The molecule has 9 heteroatoms. The molecule has 0 spiro atoms. The summed E-state index contributed by atoms with van der Waals surface area (Å²) in [6.45, 7) is 1.77. The van der Waals surface area contributed by atoms with Crippen LogP contribution in [0.15, 0.2) is 65.4 Å². The van der Waals surface area contributed by atoms with Crippen LogP contribution in [0.1, 0.15) is 42.4 Å². The Bertz CT molecular complexity index is 1460. The Hall–Kier alpha value is -4.24. The van der Waals surface area contributed by atoms with E-state index in [-0.39, 0.29) is 35.5 Å². The molecule has 3 aliphatic carbocycles. The molecule has 0 saturated heterocycles. The largest absolute Gasteiger partial charge is 0.508 e. The van der Waals surface area contributed by atoms with Gasteiger partial charge in [0.15, 0.2) is 11.4 Å². The van der Waals surface area contributed by atoms with Crippen LogP contribution in [0.5, 0.6) is 5.75 Å². The van der Waals surface area contributed by atoms with Crippen LogP contribution in [0.25, 0.3) is 5.76 Å². The molecule has 5 rings (SSSR count). The molecule has 6 N–H and O–H groups in total. The van der Waals surface area contributed by atoms with Gasteiger partial charge in [-0.1, -0.05) is 49.4 Å². The summed E-state index contributed by atoms with van der Waals surface area (Å²) in [5.41, 5.74) is 2.68. The van der Waals surface area contributed by atoms with Gasteiger partial charge >= 0.3 is 0 Å². The van der Waals surface area contributed by atoms with E-state index in [1.54, 1.807) is 43.3 Å². The molecule has 0 bridgehead atoms. The first-order valence-corrected chi connectivity index (χ1v) is 12.3. The van der Waals surface area contributed by atoms with E-state index < -0.39 is 70.3 Å². The Morgan fingerprint density at radius 2 is 1.71 bits per heavy atom. The number of aliphatic hydroxyl groups is 3. The normalized spacial score (nSPS) is 28.5. The number of nitrogens with two attached hydrogens (primary N) is 1. The molecule has 1 amide bonds. The summed E-state index contributed by atoms with van der Waals surface area (Å²) < 4.78 is 0. The monoisotopic (exact) mass is 517 g/mol. The molecule has 5 atom stereocenters. The highest BCUT2D eigenvalue weighted by atomic mass is 16.3. The highest BCUT2D eigenvalue weighted by Gasteiger charge is 2.64. The van der Waals surface area contributed by atoms with Crippen LogP contribution in [0.3, 0.4) is 0 Å². The first-order valence-electron chi connectivity index (χ1n) is 12.3. The zero-order valence-electron chi connectivity index (χ0n) is 20.5. The molecular weight excluding hydrogens is 490 g/mol. The van der Waals surface area contributed by atoms with Gasteiger partial charge in [0.2, 0.25) is 5.78 Å². The van der Waals surface area contributed by atoms with Crippen molar-refractivity contribution < 1.29 is 39.6 Å². The van der Waals surface area contributed by atoms with Crippen molar-refractivity contribution >= 4 is 29.0 Å². The van der Waals surface area contributed by atoms with Crippen molar-refractivity contribution in [1.29, 1.82) is 0 Å². The van der Waals surface area contributed by atoms with Gasteiger partial charge in [-0.15, -0.1) is 0 Å². The summed E-state index contributed by atoms with van der Waals surface area (Å²) in [5, 5.41) is 44.5. The molecule has 1 fully saturated rings. The van der Waals surface area contributed by atoms with E-state index in [1.807, 2.05) is 6.07 Å². The zero-order chi connectivity index (χ0) is 27.5. The average molecular weight is 518 g/mol. The van der Waals surface area contributed by atoms with Crippen LogP contribution in [-0.2, 0) is 25.6 Å². The Labute approximate surface area is 217 Å². The van der Waals surface area contributed by atoms with Crippen molar-refractivity contribution in [2.75, 3.05) is 0 Å². The number of fused-ring (bicyclic) bond motifs is 3. The van der Waals surface area contributed by atoms with Crippen molar-refractivity contribution in [3.05, 3.63) is 82.1 Å². The maximum Gasteiger partial charge on any atom is 0.255 e. The number of hydrogen-bond donors (Lipinski definition) is 5. The highest BCUT2D eigenvalue weighted by Crippen LogP contribution is 2.58. The predicted octanol–water partition coefficient (Wildman–Crippen LogP) is 2.41. The molecule has 0 aliphatic heterocycles. The fraction of sp³-hybridized carbons (Fsp3) is 0.310. The Morgan fingerprint density at radius 1 is 1.03 bits per heavy atom. The van der Waals surface area contributed by atoms with Crippen LogP contribution in [0.4, 0.5) is 0 Å². The maximum absolute atomic E-state index is 13.9. The average Bonchev–Trinajstić information content (AvgIpc) is 2.86. The van der Waals surface area contributed by atoms with Gasteiger partial charge in [0.1, 0.15) is 28.6 Å². The van der Waals surface area contributed by atoms with Crippen LogP contribution in [0.2, 0.25) is 0 Å². The minimum atomic E-state index is -2.77. The van der Waals surface area contributed by atoms with E-state index in [2.05, 4.69) is 0 Å². The Balaban J connectivity index is 1.70. The van der Waals surface area contributed by atoms with E-state index in [0.717, 1.165) is 5.56 Å². The quantitative estimate of drug-likeness (QED) is 0.376. The lowest BCUT2D eigenvalue weighted by Gasteiger charge is -2.52. The second kappa shape index (κ2) is 8.95. The molecule has 196 valence electrons. The van der Waals surface area contributed by atoms with E-state index in [9.17, 15) is 39.6 Å².